The lowest BCUT2D eigenvalue weighted by molar-refractivity contribution is -0.146. The third-order valence-electron chi connectivity index (χ3n) is 3.88. The topological polar surface area (TPSA) is 69.6 Å². The number of carbonyl (C=O) groups excluding carboxylic acids is 1. The molecule has 0 saturated carbocycles. The van der Waals surface area contributed by atoms with Gasteiger partial charge in [0.05, 0.1) is 6.54 Å². The van der Waals surface area contributed by atoms with Gasteiger partial charge in [-0.3, -0.25) is 14.5 Å². The smallest absolute Gasteiger partial charge is 0.320 e. The number of amides is 1. The summed E-state index contributed by atoms with van der Waals surface area (Å²) in [5.41, 5.74) is 0. The van der Waals surface area contributed by atoms with Crippen molar-refractivity contribution < 1.29 is 14.7 Å². The third-order valence-corrected chi connectivity index (χ3v) is 3.88. The standard InChI is InChI=1S/C14H26N2O3/c1-3-5-7-15-13(17)10-16-8-6-11(4-2)9-12(16)14(18)19/h11-12H,3-10H2,1-2H3,(H,15,17)(H,18,19). The van der Waals surface area contributed by atoms with Crippen molar-refractivity contribution in [2.24, 2.45) is 5.92 Å². The zero-order valence-corrected chi connectivity index (χ0v) is 12.0. The van der Waals surface area contributed by atoms with Gasteiger partial charge < -0.3 is 10.4 Å². The number of rotatable bonds is 7. The van der Waals surface area contributed by atoms with E-state index in [1.165, 1.54) is 0 Å². The van der Waals surface area contributed by atoms with Crippen molar-refractivity contribution in [2.45, 2.75) is 52.0 Å². The molecule has 0 radical (unpaired) electrons. The molecule has 110 valence electrons. The molecule has 19 heavy (non-hydrogen) atoms. The molecular weight excluding hydrogens is 244 g/mol. The van der Waals surface area contributed by atoms with E-state index in [2.05, 4.69) is 19.2 Å². The molecule has 0 spiro atoms. The molecule has 2 unspecified atom stereocenters. The molecule has 0 bridgehead atoms. The summed E-state index contributed by atoms with van der Waals surface area (Å²) in [6.45, 7) is 5.76. The normalized spacial score (nSPS) is 24.1. The number of carbonyl (C=O) groups is 2. The lowest BCUT2D eigenvalue weighted by atomic mass is 9.89. The minimum absolute atomic E-state index is 0.0605. The van der Waals surface area contributed by atoms with Gasteiger partial charge in [-0.2, -0.15) is 0 Å². The average molecular weight is 270 g/mol. The van der Waals surface area contributed by atoms with Gasteiger partial charge in [0.1, 0.15) is 6.04 Å². The highest BCUT2D eigenvalue weighted by atomic mass is 16.4. The van der Waals surface area contributed by atoms with E-state index in [9.17, 15) is 14.7 Å². The van der Waals surface area contributed by atoms with Crippen molar-refractivity contribution in [3.8, 4) is 0 Å². The van der Waals surface area contributed by atoms with Gasteiger partial charge in [0.15, 0.2) is 0 Å². The summed E-state index contributed by atoms with van der Waals surface area (Å²) in [5.74, 6) is -0.394. The number of hydrogen-bond donors (Lipinski definition) is 2. The molecule has 0 aromatic carbocycles. The summed E-state index contributed by atoms with van der Waals surface area (Å²) in [4.78, 5) is 24.9. The summed E-state index contributed by atoms with van der Waals surface area (Å²) >= 11 is 0. The van der Waals surface area contributed by atoms with Crippen LogP contribution in [0.5, 0.6) is 0 Å². The van der Waals surface area contributed by atoms with E-state index in [1.807, 2.05) is 0 Å². The van der Waals surface area contributed by atoms with Crippen LogP contribution >= 0.6 is 0 Å². The van der Waals surface area contributed by atoms with Crippen LogP contribution in [0.2, 0.25) is 0 Å². The fourth-order valence-electron chi connectivity index (χ4n) is 2.55. The Morgan fingerprint density at radius 1 is 1.37 bits per heavy atom. The van der Waals surface area contributed by atoms with E-state index in [4.69, 9.17) is 0 Å². The van der Waals surface area contributed by atoms with Crippen LogP contribution in [0, 0.1) is 5.92 Å². The van der Waals surface area contributed by atoms with Gasteiger partial charge in [0.25, 0.3) is 0 Å². The predicted molar refractivity (Wildman–Crippen MR) is 73.9 cm³/mol. The Morgan fingerprint density at radius 2 is 2.11 bits per heavy atom. The first kappa shape index (κ1) is 16.0. The average Bonchev–Trinajstić information content (AvgIpc) is 2.39. The maximum atomic E-state index is 11.8. The Labute approximate surface area is 115 Å². The largest absolute Gasteiger partial charge is 0.480 e. The van der Waals surface area contributed by atoms with Gasteiger partial charge in [0, 0.05) is 6.54 Å². The Hall–Kier alpha value is -1.10. The van der Waals surface area contributed by atoms with Crippen molar-refractivity contribution >= 4 is 11.9 Å². The van der Waals surface area contributed by atoms with Crippen LogP contribution in [0.25, 0.3) is 0 Å². The molecule has 1 aliphatic rings. The molecule has 2 N–H and O–H groups in total. The summed E-state index contributed by atoms with van der Waals surface area (Å²) in [6.07, 6.45) is 4.67. The van der Waals surface area contributed by atoms with Gasteiger partial charge in [-0.15, -0.1) is 0 Å². The van der Waals surface area contributed by atoms with Crippen LogP contribution in [0.4, 0.5) is 0 Å². The molecule has 2 atom stereocenters. The van der Waals surface area contributed by atoms with Crippen LogP contribution < -0.4 is 5.32 Å². The molecule has 5 nitrogen and oxygen atoms in total. The second kappa shape index (κ2) is 8.15. The lowest BCUT2D eigenvalue weighted by Crippen LogP contribution is -2.50. The monoisotopic (exact) mass is 270 g/mol. The van der Waals surface area contributed by atoms with Crippen molar-refractivity contribution in [3.05, 3.63) is 0 Å². The van der Waals surface area contributed by atoms with E-state index in [1.54, 1.807) is 4.90 Å². The van der Waals surface area contributed by atoms with Gasteiger partial charge >= 0.3 is 5.97 Å². The minimum atomic E-state index is -0.806. The lowest BCUT2D eigenvalue weighted by Gasteiger charge is -2.36. The van der Waals surface area contributed by atoms with Crippen LogP contribution in [0.15, 0.2) is 0 Å². The van der Waals surface area contributed by atoms with E-state index < -0.39 is 12.0 Å². The number of unbranched alkanes of at least 4 members (excludes halogenated alkanes) is 1. The quantitative estimate of drug-likeness (QED) is 0.687. The molecule has 0 aromatic rings. The molecule has 1 saturated heterocycles. The molecule has 1 amide bonds. The highest BCUT2D eigenvalue weighted by molar-refractivity contribution is 5.80. The molecule has 0 aromatic heterocycles. The fourth-order valence-corrected chi connectivity index (χ4v) is 2.55. The number of nitrogens with one attached hydrogen (secondary N) is 1. The Balaban J connectivity index is 2.46. The second-order valence-electron chi connectivity index (χ2n) is 5.33. The molecule has 1 fully saturated rings. The second-order valence-corrected chi connectivity index (χ2v) is 5.33. The number of likely N-dealkylation sites (tertiary alicyclic amines) is 1. The highest BCUT2D eigenvalue weighted by Crippen LogP contribution is 2.25. The molecule has 1 rings (SSSR count). The molecule has 1 aliphatic heterocycles. The Morgan fingerprint density at radius 3 is 2.68 bits per heavy atom. The van der Waals surface area contributed by atoms with Crippen molar-refractivity contribution in [2.75, 3.05) is 19.6 Å². The number of aliphatic carboxylic acids is 1. The maximum absolute atomic E-state index is 11.8. The minimum Gasteiger partial charge on any atom is -0.480 e. The van der Waals surface area contributed by atoms with Crippen LogP contribution in [0.3, 0.4) is 0 Å². The number of carboxylic acids is 1. The summed E-state index contributed by atoms with van der Waals surface area (Å²) in [6, 6.07) is -0.504. The zero-order chi connectivity index (χ0) is 14.3. The van der Waals surface area contributed by atoms with Crippen molar-refractivity contribution in [1.82, 2.24) is 10.2 Å². The van der Waals surface area contributed by atoms with Crippen molar-refractivity contribution in [1.29, 1.82) is 0 Å². The maximum Gasteiger partial charge on any atom is 0.320 e. The number of nitrogens with zero attached hydrogens (tertiary/aromatic N) is 1. The molecule has 1 heterocycles. The molecule has 0 aliphatic carbocycles. The molecule has 5 heteroatoms. The number of carboxylic acid groups (broad SMARTS) is 1. The highest BCUT2D eigenvalue weighted by Gasteiger charge is 2.33. The summed E-state index contributed by atoms with van der Waals surface area (Å²) < 4.78 is 0. The zero-order valence-electron chi connectivity index (χ0n) is 12.0. The van der Waals surface area contributed by atoms with E-state index in [-0.39, 0.29) is 12.5 Å². The Bertz CT molecular complexity index is 307. The van der Waals surface area contributed by atoms with Crippen molar-refractivity contribution in [3.63, 3.8) is 0 Å². The van der Waals surface area contributed by atoms with Crippen LogP contribution in [-0.2, 0) is 9.59 Å². The van der Waals surface area contributed by atoms with E-state index in [0.717, 1.165) is 25.7 Å². The number of piperidine rings is 1. The van der Waals surface area contributed by atoms with Gasteiger partial charge in [-0.25, -0.2) is 0 Å². The summed E-state index contributed by atoms with van der Waals surface area (Å²) in [7, 11) is 0. The van der Waals surface area contributed by atoms with E-state index >= 15 is 0 Å². The van der Waals surface area contributed by atoms with Gasteiger partial charge in [-0.05, 0) is 31.7 Å². The summed E-state index contributed by atoms with van der Waals surface area (Å²) in [5, 5.41) is 12.1. The number of hydrogen-bond acceptors (Lipinski definition) is 3. The molecular formula is C14H26N2O3. The first-order valence-corrected chi connectivity index (χ1v) is 7.32. The first-order chi connectivity index (χ1) is 9.08. The van der Waals surface area contributed by atoms with Crippen LogP contribution in [0.1, 0.15) is 46.0 Å². The fraction of sp³-hybridized carbons (Fsp3) is 0.857. The van der Waals surface area contributed by atoms with Gasteiger partial charge in [-0.1, -0.05) is 26.7 Å². The van der Waals surface area contributed by atoms with E-state index in [0.29, 0.717) is 25.4 Å². The third kappa shape index (κ3) is 5.19. The predicted octanol–water partition coefficient (Wildman–Crippen LogP) is 1.48. The van der Waals surface area contributed by atoms with Gasteiger partial charge in [0.2, 0.25) is 5.91 Å². The SMILES string of the molecule is CCCCNC(=O)CN1CCC(CC)CC1C(=O)O. The first-order valence-electron chi connectivity index (χ1n) is 7.32. The van der Waals surface area contributed by atoms with Crippen LogP contribution in [-0.4, -0.2) is 47.6 Å². The Kier molecular flexibility index (Phi) is 6.84.